The Morgan fingerprint density at radius 1 is 1.50 bits per heavy atom. The zero-order valence-corrected chi connectivity index (χ0v) is 11.9. The number of nitrogens with zero attached hydrogens (tertiary/aromatic N) is 3. The van der Waals surface area contributed by atoms with E-state index in [0.29, 0.717) is 23.9 Å². The molecule has 0 spiro atoms. The second-order valence-electron chi connectivity index (χ2n) is 4.14. The molecular weight excluding hydrogens is 273 g/mol. The number of hydrogen-bond donors (Lipinski definition) is 0. The summed E-state index contributed by atoms with van der Waals surface area (Å²) >= 11 is 11.8. The van der Waals surface area contributed by atoms with Crippen LogP contribution in [0.1, 0.15) is 18.8 Å². The molecule has 0 radical (unpaired) electrons. The van der Waals surface area contributed by atoms with Crippen molar-refractivity contribution in [3.63, 3.8) is 0 Å². The molecule has 0 aliphatic carbocycles. The monoisotopic (exact) mass is 287 g/mol. The summed E-state index contributed by atoms with van der Waals surface area (Å²) in [6.45, 7) is 2.67. The van der Waals surface area contributed by atoms with Gasteiger partial charge >= 0.3 is 0 Å². The largest absolute Gasteiger partial charge is 0.383 e. The van der Waals surface area contributed by atoms with Gasteiger partial charge in [-0.1, -0.05) is 11.6 Å². The molecular formula is C12H15Cl2N3O. The molecule has 0 fully saturated rings. The van der Waals surface area contributed by atoms with Crippen molar-refractivity contribution < 1.29 is 4.74 Å². The average molecular weight is 288 g/mol. The zero-order valence-electron chi connectivity index (χ0n) is 10.4. The minimum absolute atomic E-state index is 0.159. The Morgan fingerprint density at radius 3 is 2.94 bits per heavy atom. The van der Waals surface area contributed by atoms with Gasteiger partial charge in [0.05, 0.1) is 17.7 Å². The second-order valence-corrected chi connectivity index (χ2v) is 4.95. The number of aryl methyl sites for hydroxylation is 1. The van der Waals surface area contributed by atoms with Crippen molar-refractivity contribution in [3.05, 3.63) is 23.1 Å². The van der Waals surface area contributed by atoms with E-state index in [2.05, 4.69) is 21.5 Å². The van der Waals surface area contributed by atoms with Gasteiger partial charge in [0.25, 0.3) is 0 Å². The summed E-state index contributed by atoms with van der Waals surface area (Å²) in [5, 5.41) is 0.587. The lowest BCUT2D eigenvalue weighted by atomic mass is 10.3. The van der Waals surface area contributed by atoms with Gasteiger partial charge in [-0.05, 0) is 13.0 Å². The number of aromatic nitrogens is 3. The van der Waals surface area contributed by atoms with Crippen LogP contribution in [0.15, 0.2) is 12.3 Å². The molecule has 0 saturated heterocycles. The highest BCUT2D eigenvalue weighted by Crippen LogP contribution is 2.22. The summed E-state index contributed by atoms with van der Waals surface area (Å²) in [6, 6.07) is 1.98. The molecule has 0 bridgehead atoms. The molecule has 0 N–H and O–H groups in total. The van der Waals surface area contributed by atoms with Crippen molar-refractivity contribution in [2.75, 3.05) is 19.6 Å². The Hall–Kier alpha value is -0.840. The van der Waals surface area contributed by atoms with Gasteiger partial charge in [0.15, 0.2) is 5.65 Å². The third kappa shape index (κ3) is 2.60. The predicted octanol–water partition coefficient (Wildman–Crippen LogP) is 3.07. The topological polar surface area (TPSA) is 39.9 Å². The number of halogens is 2. The van der Waals surface area contributed by atoms with Crippen molar-refractivity contribution in [3.8, 4) is 0 Å². The Labute approximate surface area is 116 Å². The first-order valence-electron chi connectivity index (χ1n) is 5.74. The molecule has 2 aromatic rings. The molecule has 0 amide bonds. The van der Waals surface area contributed by atoms with Crippen LogP contribution in [0.25, 0.3) is 11.2 Å². The van der Waals surface area contributed by atoms with E-state index in [0.717, 1.165) is 17.0 Å². The third-order valence-corrected chi connectivity index (χ3v) is 3.13. The summed E-state index contributed by atoms with van der Waals surface area (Å²) in [7, 11) is 1.68. The van der Waals surface area contributed by atoms with Crippen LogP contribution in [0.4, 0.5) is 0 Å². The zero-order chi connectivity index (χ0) is 13.1. The number of rotatable bonds is 5. The smallest absolute Gasteiger partial charge is 0.160 e. The van der Waals surface area contributed by atoms with Gasteiger partial charge in [-0.3, -0.25) is 0 Å². The first kappa shape index (κ1) is 13.6. The van der Waals surface area contributed by atoms with Gasteiger partial charge in [0.2, 0.25) is 0 Å². The van der Waals surface area contributed by atoms with Crippen molar-refractivity contribution in [1.82, 2.24) is 14.5 Å². The number of hydrogen-bond acceptors (Lipinski definition) is 3. The highest BCUT2D eigenvalue weighted by molar-refractivity contribution is 6.31. The molecule has 2 aromatic heterocycles. The van der Waals surface area contributed by atoms with Crippen LogP contribution in [0.5, 0.6) is 0 Å². The Bertz CT molecular complexity index is 541. The van der Waals surface area contributed by atoms with Crippen LogP contribution in [0, 0.1) is 0 Å². The van der Waals surface area contributed by atoms with E-state index in [9.17, 15) is 0 Å². The summed E-state index contributed by atoms with van der Waals surface area (Å²) in [5.41, 5.74) is 1.62. The molecule has 0 aliphatic rings. The van der Waals surface area contributed by atoms with E-state index >= 15 is 0 Å². The van der Waals surface area contributed by atoms with Gasteiger partial charge in [-0.2, -0.15) is 0 Å². The molecule has 18 heavy (non-hydrogen) atoms. The van der Waals surface area contributed by atoms with Crippen molar-refractivity contribution >= 4 is 34.4 Å². The molecule has 0 saturated carbocycles. The highest BCUT2D eigenvalue weighted by atomic mass is 35.5. The van der Waals surface area contributed by atoms with Crippen molar-refractivity contribution in [2.24, 2.45) is 0 Å². The second kappa shape index (κ2) is 5.87. The lowest BCUT2D eigenvalue weighted by Gasteiger charge is -2.15. The SMILES string of the molecule is COCC(C)n1c(CCCl)nc2cc(Cl)cnc21. The van der Waals surface area contributed by atoms with Crippen LogP contribution in [0.2, 0.25) is 5.02 Å². The van der Waals surface area contributed by atoms with E-state index < -0.39 is 0 Å². The maximum absolute atomic E-state index is 5.94. The van der Waals surface area contributed by atoms with Gasteiger partial charge in [0.1, 0.15) is 11.3 Å². The number of alkyl halides is 1. The Balaban J connectivity index is 2.54. The number of ether oxygens (including phenoxy) is 1. The van der Waals surface area contributed by atoms with E-state index in [4.69, 9.17) is 27.9 Å². The predicted molar refractivity (Wildman–Crippen MR) is 73.5 cm³/mol. The van der Waals surface area contributed by atoms with Crippen LogP contribution in [0.3, 0.4) is 0 Å². The number of fused-ring (bicyclic) bond motifs is 1. The molecule has 98 valence electrons. The molecule has 0 aromatic carbocycles. The third-order valence-electron chi connectivity index (χ3n) is 2.74. The first-order chi connectivity index (χ1) is 8.67. The maximum Gasteiger partial charge on any atom is 0.160 e. The summed E-state index contributed by atoms with van der Waals surface area (Å²) in [6.07, 6.45) is 2.33. The molecule has 6 heteroatoms. The molecule has 2 heterocycles. The summed E-state index contributed by atoms with van der Waals surface area (Å²) in [4.78, 5) is 8.90. The molecule has 1 atom stereocenters. The van der Waals surface area contributed by atoms with Crippen molar-refractivity contribution in [2.45, 2.75) is 19.4 Å². The fraction of sp³-hybridized carbons (Fsp3) is 0.500. The first-order valence-corrected chi connectivity index (χ1v) is 6.66. The lowest BCUT2D eigenvalue weighted by molar-refractivity contribution is 0.162. The van der Waals surface area contributed by atoms with E-state index in [-0.39, 0.29) is 6.04 Å². The summed E-state index contributed by atoms with van der Waals surface area (Å²) < 4.78 is 7.26. The summed E-state index contributed by atoms with van der Waals surface area (Å²) in [5.74, 6) is 1.44. The minimum Gasteiger partial charge on any atom is -0.383 e. The minimum atomic E-state index is 0.159. The molecule has 2 rings (SSSR count). The standard InChI is InChI=1S/C12H15Cl2N3O/c1-8(7-18-2)17-11(3-4-13)16-10-5-9(14)6-15-12(10)17/h5-6,8H,3-4,7H2,1-2H3. The number of pyridine rings is 1. The van der Waals surface area contributed by atoms with E-state index in [1.807, 2.05) is 6.07 Å². The van der Waals surface area contributed by atoms with E-state index in [1.54, 1.807) is 13.3 Å². The molecule has 0 aliphatic heterocycles. The van der Waals surface area contributed by atoms with Gasteiger partial charge in [-0.15, -0.1) is 11.6 Å². The number of methoxy groups -OCH3 is 1. The fourth-order valence-corrected chi connectivity index (χ4v) is 2.37. The van der Waals surface area contributed by atoms with Crippen LogP contribution in [-0.2, 0) is 11.2 Å². The fourth-order valence-electron chi connectivity index (χ4n) is 2.04. The normalized spacial score (nSPS) is 13.1. The molecule has 1 unspecified atom stereocenters. The van der Waals surface area contributed by atoms with Gasteiger partial charge < -0.3 is 9.30 Å². The Kier molecular flexibility index (Phi) is 4.43. The van der Waals surface area contributed by atoms with Gasteiger partial charge in [0, 0.05) is 25.6 Å². The Morgan fingerprint density at radius 2 is 2.28 bits per heavy atom. The van der Waals surface area contributed by atoms with Gasteiger partial charge in [-0.25, -0.2) is 9.97 Å². The lowest BCUT2D eigenvalue weighted by Crippen LogP contribution is -2.15. The van der Waals surface area contributed by atoms with Crippen LogP contribution in [-0.4, -0.2) is 34.1 Å². The van der Waals surface area contributed by atoms with Crippen molar-refractivity contribution in [1.29, 1.82) is 0 Å². The molecule has 4 nitrogen and oxygen atoms in total. The average Bonchev–Trinajstić information content (AvgIpc) is 2.67. The maximum atomic E-state index is 5.94. The van der Waals surface area contributed by atoms with E-state index in [1.165, 1.54) is 0 Å². The van der Waals surface area contributed by atoms with Crippen LogP contribution >= 0.6 is 23.2 Å². The van der Waals surface area contributed by atoms with Crippen LogP contribution < -0.4 is 0 Å². The highest BCUT2D eigenvalue weighted by Gasteiger charge is 2.16. The number of imidazole rings is 1. The quantitative estimate of drug-likeness (QED) is 0.794.